The molecule has 2 rings (SSSR count). The Labute approximate surface area is 214 Å². The van der Waals surface area contributed by atoms with Gasteiger partial charge >= 0.3 is 0 Å². The number of sulfonamides is 1. The third kappa shape index (κ3) is 8.05. The monoisotopic (exact) mass is 549 g/mol. The fourth-order valence-electron chi connectivity index (χ4n) is 3.21. The lowest BCUT2D eigenvalue weighted by Crippen LogP contribution is -2.51. The van der Waals surface area contributed by atoms with Gasteiger partial charge in [0.15, 0.2) is 11.6 Å². The van der Waals surface area contributed by atoms with Gasteiger partial charge in [0.2, 0.25) is 21.8 Å². The number of nitrogens with zero attached hydrogens (tertiary/aromatic N) is 2. The molecule has 0 radical (unpaired) electrons. The van der Waals surface area contributed by atoms with Crippen LogP contribution in [0, 0.1) is 11.6 Å². The van der Waals surface area contributed by atoms with Crippen molar-refractivity contribution in [2.45, 2.75) is 39.3 Å². The van der Waals surface area contributed by atoms with E-state index in [1.165, 1.54) is 17.9 Å². The van der Waals surface area contributed by atoms with E-state index < -0.39 is 46.1 Å². The number of hydrogen-bond donors (Lipinski definition) is 1. The molecular weight excluding hydrogens is 523 g/mol. The van der Waals surface area contributed by atoms with Crippen molar-refractivity contribution in [2.24, 2.45) is 0 Å². The molecule has 192 valence electrons. The van der Waals surface area contributed by atoms with Gasteiger partial charge in [-0.2, -0.15) is 0 Å². The van der Waals surface area contributed by atoms with Crippen LogP contribution in [0.1, 0.15) is 32.3 Å². The fraction of sp³-hybridized carbons (Fsp3) is 0.391. The molecule has 1 N–H and O–H groups in total. The van der Waals surface area contributed by atoms with Crippen LogP contribution in [0.4, 0.5) is 14.5 Å². The molecule has 7 nitrogen and oxygen atoms in total. The Morgan fingerprint density at radius 2 is 1.77 bits per heavy atom. The molecule has 2 aromatic carbocycles. The first kappa shape index (κ1) is 28.8. The highest BCUT2D eigenvalue weighted by molar-refractivity contribution is 7.92. The molecule has 0 bridgehead atoms. The van der Waals surface area contributed by atoms with E-state index in [0.29, 0.717) is 27.5 Å². The lowest BCUT2D eigenvalue weighted by atomic mass is 10.1. The number of halogens is 4. The second kappa shape index (κ2) is 12.5. The molecule has 0 fully saturated rings. The number of amides is 2. The van der Waals surface area contributed by atoms with Crippen LogP contribution >= 0.6 is 23.2 Å². The normalized spacial score (nSPS) is 12.2. The van der Waals surface area contributed by atoms with Gasteiger partial charge < -0.3 is 10.2 Å². The fourth-order valence-corrected chi connectivity index (χ4v) is 4.52. The predicted molar refractivity (Wildman–Crippen MR) is 133 cm³/mol. The third-order valence-electron chi connectivity index (χ3n) is 5.22. The minimum absolute atomic E-state index is 0.118. The molecule has 0 aliphatic carbocycles. The zero-order valence-corrected chi connectivity index (χ0v) is 21.9. The summed E-state index contributed by atoms with van der Waals surface area (Å²) < 4.78 is 52.7. The lowest BCUT2D eigenvalue weighted by molar-refractivity contribution is -0.139. The number of hydrogen-bond acceptors (Lipinski definition) is 4. The Balaban J connectivity index is 2.40. The van der Waals surface area contributed by atoms with Gasteiger partial charge in [0.25, 0.3) is 0 Å². The van der Waals surface area contributed by atoms with Gasteiger partial charge in [-0.05, 0) is 43.2 Å². The van der Waals surface area contributed by atoms with Crippen LogP contribution in [0.2, 0.25) is 10.0 Å². The van der Waals surface area contributed by atoms with Crippen molar-refractivity contribution in [2.75, 3.05) is 23.7 Å². The van der Waals surface area contributed by atoms with Gasteiger partial charge in [0.05, 0.1) is 11.9 Å². The summed E-state index contributed by atoms with van der Waals surface area (Å²) >= 11 is 12.2. The van der Waals surface area contributed by atoms with Crippen LogP contribution in [0.5, 0.6) is 0 Å². The second-order valence-electron chi connectivity index (χ2n) is 7.95. The van der Waals surface area contributed by atoms with Gasteiger partial charge in [-0.3, -0.25) is 13.9 Å². The van der Waals surface area contributed by atoms with E-state index in [9.17, 15) is 26.8 Å². The topological polar surface area (TPSA) is 86.8 Å². The highest BCUT2D eigenvalue weighted by atomic mass is 35.5. The first-order chi connectivity index (χ1) is 16.3. The summed E-state index contributed by atoms with van der Waals surface area (Å²) in [6, 6.07) is 6.16. The summed E-state index contributed by atoms with van der Waals surface area (Å²) in [7, 11) is -4.07. The Kier molecular flexibility index (Phi) is 10.3. The van der Waals surface area contributed by atoms with Crippen molar-refractivity contribution in [1.82, 2.24) is 10.2 Å². The van der Waals surface area contributed by atoms with Gasteiger partial charge in [-0.1, -0.05) is 42.6 Å². The SMILES string of the molecule is CCCCNC(=O)[C@H](C)N(Cc1ccc(Cl)cc1Cl)C(=O)CN(c1ccc(F)c(F)c1)S(C)(=O)=O. The van der Waals surface area contributed by atoms with Crippen LogP contribution in [-0.4, -0.2) is 50.5 Å². The molecule has 2 amide bonds. The minimum Gasteiger partial charge on any atom is -0.354 e. The summed E-state index contributed by atoms with van der Waals surface area (Å²) in [5.41, 5.74) is 0.251. The van der Waals surface area contributed by atoms with E-state index in [1.807, 2.05) is 6.92 Å². The third-order valence-corrected chi connectivity index (χ3v) is 6.95. The average Bonchev–Trinajstić information content (AvgIpc) is 2.77. The van der Waals surface area contributed by atoms with Crippen molar-refractivity contribution in [3.63, 3.8) is 0 Å². The van der Waals surface area contributed by atoms with Crippen LogP contribution in [-0.2, 0) is 26.2 Å². The molecule has 0 aliphatic rings. The summed E-state index contributed by atoms with van der Waals surface area (Å²) in [5.74, 6) is -3.61. The molecule has 0 spiro atoms. The molecule has 1 atom stereocenters. The quantitative estimate of drug-likeness (QED) is 0.421. The van der Waals surface area contributed by atoms with Crippen LogP contribution in [0.25, 0.3) is 0 Å². The molecular formula is C23H27Cl2F2N3O4S. The molecule has 0 saturated heterocycles. The molecule has 12 heteroatoms. The van der Waals surface area contributed by atoms with Crippen molar-refractivity contribution in [3.05, 3.63) is 63.6 Å². The number of carbonyl (C=O) groups excluding carboxylic acids is 2. The van der Waals surface area contributed by atoms with Crippen LogP contribution < -0.4 is 9.62 Å². The Morgan fingerprint density at radius 1 is 1.09 bits per heavy atom. The molecule has 35 heavy (non-hydrogen) atoms. The first-order valence-corrected chi connectivity index (χ1v) is 13.4. The smallest absolute Gasteiger partial charge is 0.244 e. The largest absolute Gasteiger partial charge is 0.354 e. The Bertz CT molecular complexity index is 1180. The van der Waals surface area contributed by atoms with E-state index in [-0.39, 0.29) is 17.3 Å². The number of anilines is 1. The number of carbonyl (C=O) groups is 2. The Hall–Kier alpha value is -2.43. The summed E-state index contributed by atoms with van der Waals surface area (Å²) in [5, 5.41) is 3.38. The average molecular weight is 550 g/mol. The Morgan fingerprint density at radius 3 is 2.34 bits per heavy atom. The van der Waals surface area contributed by atoms with Gasteiger partial charge in [0, 0.05) is 29.2 Å². The maximum atomic E-state index is 13.8. The summed E-state index contributed by atoms with van der Waals surface area (Å²) in [4.78, 5) is 27.3. The van der Waals surface area contributed by atoms with E-state index in [0.717, 1.165) is 31.2 Å². The van der Waals surface area contributed by atoms with E-state index in [1.54, 1.807) is 12.1 Å². The number of benzene rings is 2. The highest BCUT2D eigenvalue weighted by Crippen LogP contribution is 2.25. The standard InChI is InChI=1S/C23H27Cl2F2N3O4S/c1-4-5-10-28-23(32)15(2)29(13-16-6-7-17(24)11-19(16)25)22(31)14-30(35(3,33)34)18-8-9-20(26)21(27)12-18/h6-9,11-12,15H,4-5,10,13-14H2,1-3H3,(H,28,32)/t15-/m0/s1. The van der Waals surface area contributed by atoms with Gasteiger partial charge in [0.1, 0.15) is 12.6 Å². The zero-order valence-electron chi connectivity index (χ0n) is 19.5. The molecule has 2 aromatic rings. The minimum atomic E-state index is -4.07. The second-order valence-corrected chi connectivity index (χ2v) is 10.7. The molecule has 0 aliphatic heterocycles. The van der Waals surface area contributed by atoms with Crippen molar-refractivity contribution in [3.8, 4) is 0 Å². The van der Waals surface area contributed by atoms with Crippen LogP contribution in [0.15, 0.2) is 36.4 Å². The molecule has 0 aromatic heterocycles. The summed E-state index contributed by atoms with van der Waals surface area (Å²) in [6.45, 7) is 3.01. The van der Waals surface area contributed by atoms with Gasteiger partial charge in [-0.25, -0.2) is 17.2 Å². The lowest BCUT2D eigenvalue weighted by Gasteiger charge is -2.31. The number of rotatable bonds is 11. The maximum absolute atomic E-state index is 13.8. The predicted octanol–water partition coefficient (Wildman–Crippen LogP) is 4.37. The van der Waals surface area contributed by atoms with Crippen molar-refractivity contribution < 1.29 is 26.8 Å². The van der Waals surface area contributed by atoms with E-state index >= 15 is 0 Å². The van der Waals surface area contributed by atoms with Gasteiger partial charge in [-0.15, -0.1) is 0 Å². The molecule has 0 heterocycles. The van der Waals surface area contributed by atoms with E-state index in [4.69, 9.17) is 23.2 Å². The molecule has 0 saturated carbocycles. The number of unbranched alkanes of at least 4 members (excludes halogenated alkanes) is 1. The molecule has 0 unspecified atom stereocenters. The van der Waals surface area contributed by atoms with Crippen LogP contribution in [0.3, 0.4) is 0 Å². The first-order valence-electron chi connectivity index (χ1n) is 10.8. The van der Waals surface area contributed by atoms with Crippen molar-refractivity contribution >= 4 is 50.7 Å². The zero-order chi connectivity index (χ0) is 26.3. The highest BCUT2D eigenvalue weighted by Gasteiger charge is 2.30. The van der Waals surface area contributed by atoms with Crippen molar-refractivity contribution in [1.29, 1.82) is 0 Å². The maximum Gasteiger partial charge on any atom is 0.244 e. The number of nitrogens with one attached hydrogen (secondary N) is 1. The van der Waals surface area contributed by atoms with E-state index in [2.05, 4.69) is 5.32 Å². The summed E-state index contributed by atoms with van der Waals surface area (Å²) in [6.07, 6.45) is 2.44.